The van der Waals surface area contributed by atoms with Crippen molar-refractivity contribution in [2.45, 2.75) is 6.92 Å². The number of aryl methyl sites for hydroxylation is 1. The van der Waals surface area contributed by atoms with Crippen molar-refractivity contribution < 1.29 is 4.79 Å². The molecule has 100 valence electrons. The van der Waals surface area contributed by atoms with Gasteiger partial charge in [0.15, 0.2) is 0 Å². The normalized spacial score (nSPS) is 10.7. The van der Waals surface area contributed by atoms with E-state index in [9.17, 15) is 4.79 Å². The van der Waals surface area contributed by atoms with Crippen LogP contribution in [-0.4, -0.2) is 20.2 Å². The molecule has 20 heavy (non-hydrogen) atoms. The van der Waals surface area contributed by atoms with Crippen LogP contribution in [0, 0.1) is 6.92 Å². The van der Waals surface area contributed by atoms with Crippen LogP contribution in [0.4, 0.5) is 10.8 Å². The summed E-state index contributed by atoms with van der Waals surface area (Å²) in [7, 11) is 0. The highest BCUT2D eigenvalue weighted by Gasteiger charge is 2.12. The fourth-order valence-electron chi connectivity index (χ4n) is 1.83. The third-order valence-corrected chi connectivity index (χ3v) is 3.45. The standard InChI is InChI=1S/C13H11N5OS/c1-7-15-13(20-18-7)17-12(19)11-6-9(14)8-4-2-3-5-10(8)16-11/h2-6H,1H3,(H2,14,16)(H,15,17,18,19). The van der Waals surface area contributed by atoms with Crippen LogP contribution in [0.15, 0.2) is 30.3 Å². The number of nitrogens with two attached hydrogens (primary N) is 1. The Morgan fingerprint density at radius 3 is 2.85 bits per heavy atom. The van der Waals surface area contributed by atoms with Gasteiger partial charge in [0.2, 0.25) is 5.13 Å². The van der Waals surface area contributed by atoms with Gasteiger partial charge in [-0.1, -0.05) is 18.2 Å². The molecule has 3 rings (SSSR count). The number of rotatable bonds is 2. The zero-order valence-electron chi connectivity index (χ0n) is 10.6. The van der Waals surface area contributed by atoms with Crippen molar-refractivity contribution in [3.63, 3.8) is 0 Å². The number of pyridine rings is 1. The Morgan fingerprint density at radius 2 is 2.10 bits per heavy atom. The largest absolute Gasteiger partial charge is 0.398 e. The number of nitrogens with one attached hydrogen (secondary N) is 1. The van der Waals surface area contributed by atoms with E-state index < -0.39 is 0 Å². The highest BCUT2D eigenvalue weighted by Crippen LogP contribution is 2.21. The zero-order chi connectivity index (χ0) is 14.1. The molecular formula is C13H11N5OS. The Balaban J connectivity index is 1.95. The van der Waals surface area contributed by atoms with Gasteiger partial charge in [0.05, 0.1) is 5.52 Å². The number of carbonyl (C=O) groups is 1. The molecule has 0 fully saturated rings. The Kier molecular flexibility index (Phi) is 3.03. The van der Waals surface area contributed by atoms with Crippen molar-refractivity contribution in [1.29, 1.82) is 0 Å². The molecule has 3 N–H and O–H groups in total. The van der Waals surface area contributed by atoms with Crippen molar-refractivity contribution in [2.75, 3.05) is 11.1 Å². The average molecular weight is 285 g/mol. The Labute approximate surface area is 118 Å². The summed E-state index contributed by atoms with van der Waals surface area (Å²) < 4.78 is 4.00. The molecule has 0 aliphatic carbocycles. The molecule has 0 bridgehead atoms. The lowest BCUT2D eigenvalue weighted by Crippen LogP contribution is -2.14. The molecule has 0 radical (unpaired) electrons. The van der Waals surface area contributed by atoms with Crippen LogP contribution in [0.5, 0.6) is 0 Å². The van der Waals surface area contributed by atoms with Gasteiger partial charge in [-0.2, -0.15) is 4.37 Å². The number of amides is 1. The molecule has 1 amide bonds. The predicted octanol–water partition coefficient (Wildman–Crippen LogP) is 2.23. The topological polar surface area (TPSA) is 93.8 Å². The fraction of sp³-hybridized carbons (Fsp3) is 0.0769. The predicted molar refractivity (Wildman–Crippen MR) is 78.8 cm³/mol. The van der Waals surface area contributed by atoms with Gasteiger partial charge in [-0.15, -0.1) is 0 Å². The summed E-state index contributed by atoms with van der Waals surface area (Å²) in [5, 5.41) is 3.93. The molecule has 0 saturated heterocycles. The summed E-state index contributed by atoms with van der Waals surface area (Å²) in [5.41, 5.74) is 7.41. The smallest absolute Gasteiger partial charge is 0.276 e. The van der Waals surface area contributed by atoms with E-state index in [1.807, 2.05) is 24.3 Å². The lowest BCUT2D eigenvalue weighted by atomic mass is 10.1. The second-order valence-electron chi connectivity index (χ2n) is 4.21. The maximum Gasteiger partial charge on any atom is 0.276 e. The van der Waals surface area contributed by atoms with Gasteiger partial charge < -0.3 is 5.73 Å². The van der Waals surface area contributed by atoms with E-state index in [0.29, 0.717) is 22.2 Å². The number of nitrogens with zero attached hydrogens (tertiary/aromatic N) is 3. The quantitative estimate of drug-likeness (QED) is 0.753. The van der Waals surface area contributed by atoms with Crippen LogP contribution in [-0.2, 0) is 0 Å². The van der Waals surface area contributed by atoms with Gasteiger partial charge >= 0.3 is 0 Å². The molecule has 2 aromatic heterocycles. The van der Waals surface area contributed by atoms with Crippen LogP contribution in [0.25, 0.3) is 10.9 Å². The summed E-state index contributed by atoms with van der Waals surface area (Å²) in [6.45, 7) is 1.76. The molecule has 6 nitrogen and oxygen atoms in total. The lowest BCUT2D eigenvalue weighted by Gasteiger charge is -2.05. The summed E-state index contributed by atoms with van der Waals surface area (Å²) in [5.74, 6) is 0.273. The third-order valence-electron chi connectivity index (χ3n) is 2.73. The van der Waals surface area contributed by atoms with Crippen molar-refractivity contribution in [1.82, 2.24) is 14.3 Å². The van der Waals surface area contributed by atoms with Crippen LogP contribution < -0.4 is 11.1 Å². The molecule has 0 atom stereocenters. The number of benzene rings is 1. The van der Waals surface area contributed by atoms with Crippen molar-refractivity contribution in [3.05, 3.63) is 41.9 Å². The first-order valence-corrected chi connectivity index (χ1v) is 6.68. The Morgan fingerprint density at radius 1 is 1.30 bits per heavy atom. The van der Waals surface area contributed by atoms with E-state index >= 15 is 0 Å². The molecule has 0 saturated carbocycles. The number of hydrogen-bond acceptors (Lipinski definition) is 6. The van der Waals surface area contributed by atoms with E-state index in [1.165, 1.54) is 0 Å². The van der Waals surface area contributed by atoms with Gasteiger partial charge in [-0.25, -0.2) is 9.97 Å². The zero-order valence-corrected chi connectivity index (χ0v) is 11.4. The fourth-order valence-corrected chi connectivity index (χ4v) is 2.40. The number of anilines is 2. The first kappa shape index (κ1) is 12.5. The minimum atomic E-state index is -0.349. The molecule has 0 spiro atoms. The highest BCUT2D eigenvalue weighted by molar-refractivity contribution is 7.09. The second kappa shape index (κ2) is 4.86. The van der Waals surface area contributed by atoms with Gasteiger partial charge in [-0.3, -0.25) is 10.1 Å². The number of hydrogen-bond donors (Lipinski definition) is 2. The maximum absolute atomic E-state index is 12.1. The van der Waals surface area contributed by atoms with Crippen LogP contribution in [0.3, 0.4) is 0 Å². The molecule has 2 heterocycles. The molecule has 3 aromatic rings. The SMILES string of the molecule is Cc1nsc(NC(=O)c2cc(N)c3ccccc3n2)n1. The number of carbonyl (C=O) groups excluding carboxylic acids is 1. The molecule has 7 heteroatoms. The molecule has 0 aliphatic rings. The monoisotopic (exact) mass is 285 g/mol. The Hall–Kier alpha value is -2.54. The average Bonchev–Trinajstić information content (AvgIpc) is 2.84. The van der Waals surface area contributed by atoms with Gasteiger partial charge in [0, 0.05) is 22.6 Å². The minimum Gasteiger partial charge on any atom is -0.398 e. The lowest BCUT2D eigenvalue weighted by molar-refractivity contribution is 0.102. The number of nitrogen functional groups attached to an aromatic ring is 1. The second-order valence-corrected chi connectivity index (χ2v) is 4.97. The van der Waals surface area contributed by atoms with E-state index in [4.69, 9.17) is 5.73 Å². The molecule has 0 aliphatic heterocycles. The molecular weight excluding hydrogens is 274 g/mol. The van der Waals surface area contributed by atoms with E-state index in [1.54, 1.807) is 13.0 Å². The van der Waals surface area contributed by atoms with Gasteiger partial charge in [0.1, 0.15) is 11.5 Å². The Bertz CT molecular complexity index is 798. The van der Waals surface area contributed by atoms with E-state index in [0.717, 1.165) is 16.9 Å². The summed E-state index contributed by atoms with van der Waals surface area (Å²) >= 11 is 1.13. The number of para-hydroxylation sites is 1. The van der Waals surface area contributed by atoms with Crippen molar-refractivity contribution in [2.24, 2.45) is 0 Å². The minimum absolute atomic E-state index is 0.258. The van der Waals surface area contributed by atoms with Crippen molar-refractivity contribution in [3.8, 4) is 0 Å². The first-order valence-electron chi connectivity index (χ1n) is 5.90. The summed E-state index contributed by atoms with van der Waals surface area (Å²) in [4.78, 5) is 20.5. The third kappa shape index (κ3) is 2.30. The van der Waals surface area contributed by atoms with Crippen LogP contribution in [0.1, 0.15) is 16.3 Å². The first-order chi connectivity index (χ1) is 9.63. The maximum atomic E-state index is 12.1. The van der Waals surface area contributed by atoms with Crippen molar-refractivity contribution >= 4 is 39.2 Å². The van der Waals surface area contributed by atoms with E-state index in [-0.39, 0.29) is 11.6 Å². The van der Waals surface area contributed by atoms with Gasteiger partial charge in [-0.05, 0) is 19.1 Å². The van der Waals surface area contributed by atoms with E-state index in [2.05, 4.69) is 19.7 Å². The summed E-state index contributed by atoms with van der Waals surface area (Å²) in [6, 6.07) is 8.98. The number of aromatic nitrogens is 3. The highest BCUT2D eigenvalue weighted by atomic mass is 32.1. The molecule has 0 unspecified atom stereocenters. The summed E-state index contributed by atoms with van der Waals surface area (Å²) in [6.07, 6.45) is 0. The van der Waals surface area contributed by atoms with Crippen LogP contribution >= 0.6 is 11.5 Å². The molecule has 1 aromatic carbocycles. The number of fused-ring (bicyclic) bond motifs is 1. The van der Waals surface area contributed by atoms with Gasteiger partial charge in [0.25, 0.3) is 5.91 Å². The van der Waals surface area contributed by atoms with Crippen LogP contribution in [0.2, 0.25) is 0 Å².